The smallest absolute Gasteiger partial charge is 0.300 e. The van der Waals surface area contributed by atoms with Gasteiger partial charge in [0.15, 0.2) is 0 Å². The summed E-state index contributed by atoms with van der Waals surface area (Å²) >= 11 is 0. The zero-order valence-corrected chi connectivity index (χ0v) is 11.0. The number of carbonyl (C=O) groups excluding carboxylic acids is 2. The molecule has 0 aromatic heterocycles. The molecule has 2 rings (SSSR count). The van der Waals surface area contributed by atoms with Gasteiger partial charge in [0.2, 0.25) is 0 Å². The first-order valence-electron chi connectivity index (χ1n) is 6.73. The zero-order chi connectivity index (χ0) is 13.7. The lowest BCUT2D eigenvalue weighted by Gasteiger charge is -2.21. The van der Waals surface area contributed by atoms with Gasteiger partial charge in [-0.3, -0.25) is 9.59 Å². The fraction of sp³-hybridized carbons (Fsp3) is 0.571. The van der Waals surface area contributed by atoms with Crippen LogP contribution in [0.25, 0.3) is 0 Å². The molecule has 1 fully saturated rings. The summed E-state index contributed by atoms with van der Waals surface area (Å²) in [5.74, 6) is -0.690. The van der Waals surface area contributed by atoms with Gasteiger partial charge < -0.3 is 9.57 Å². The molecule has 2 amide bonds. The van der Waals surface area contributed by atoms with Crippen LogP contribution in [-0.4, -0.2) is 23.0 Å². The maximum atomic E-state index is 11.4. The van der Waals surface area contributed by atoms with Crippen molar-refractivity contribution in [3.63, 3.8) is 0 Å². The molecule has 5 nitrogen and oxygen atoms in total. The molecule has 0 radical (unpaired) electrons. The summed E-state index contributed by atoms with van der Waals surface area (Å²) in [6, 6.07) is 0. The Kier molecular flexibility index (Phi) is 4.60. The number of ether oxygens (including phenoxy) is 1. The minimum atomic E-state index is -0.344. The first-order chi connectivity index (χ1) is 9.16. The van der Waals surface area contributed by atoms with Gasteiger partial charge in [-0.1, -0.05) is 12.5 Å². The third-order valence-corrected chi connectivity index (χ3v) is 3.19. The minimum Gasteiger partial charge on any atom is -0.457 e. The van der Waals surface area contributed by atoms with Gasteiger partial charge in [-0.05, 0) is 38.3 Å². The molecule has 19 heavy (non-hydrogen) atoms. The molecule has 1 aliphatic carbocycles. The van der Waals surface area contributed by atoms with Crippen molar-refractivity contribution in [3.8, 4) is 0 Å². The van der Waals surface area contributed by atoms with Gasteiger partial charge in [0, 0.05) is 12.8 Å². The molecule has 2 aliphatic rings. The fourth-order valence-electron chi connectivity index (χ4n) is 2.18. The Morgan fingerprint density at radius 1 is 1.21 bits per heavy atom. The second-order valence-corrected chi connectivity index (χ2v) is 4.77. The summed E-state index contributed by atoms with van der Waals surface area (Å²) in [5.41, 5.74) is 0. The number of rotatable bonds is 4. The van der Waals surface area contributed by atoms with Gasteiger partial charge in [0.25, 0.3) is 11.8 Å². The molecule has 0 spiro atoms. The predicted octanol–water partition coefficient (Wildman–Crippen LogP) is 2.44. The minimum absolute atomic E-state index is 0.00109. The fourth-order valence-corrected chi connectivity index (χ4v) is 2.18. The van der Waals surface area contributed by atoms with Crippen LogP contribution in [0.1, 0.15) is 44.9 Å². The van der Waals surface area contributed by atoms with Gasteiger partial charge in [-0.15, -0.1) is 5.06 Å². The van der Waals surface area contributed by atoms with Crippen LogP contribution in [0.4, 0.5) is 0 Å². The topological polar surface area (TPSA) is 55.8 Å². The van der Waals surface area contributed by atoms with E-state index in [-0.39, 0.29) is 36.7 Å². The molecule has 0 bridgehead atoms. The first-order valence-corrected chi connectivity index (χ1v) is 6.73. The summed E-state index contributed by atoms with van der Waals surface area (Å²) in [7, 11) is 0. The molecule has 1 atom stereocenters. The average Bonchev–Trinajstić information content (AvgIpc) is 2.64. The van der Waals surface area contributed by atoms with Crippen molar-refractivity contribution in [2.45, 2.75) is 51.0 Å². The van der Waals surface area contributed by atoms with E-state index >= 15 is 0 Å². The molecule has 0 N–H and O–H groups in total. The molecular formula is C14H19NO4. The molecule has 1 unspecified atom stereocenters. The van der Waals surface area contributed by atoms with E-state index in [0.29, 0.717) is 0 Å². The van der Waals surface area contributed by atoms with Crippen LogP contribution in [0.2, 0.25) is 0 Å². The van der Waals surface area contributed by atoms with E-state index in [1.54, 1.807) is 0 Å². The summed E-state index contributed by atoms with van der Waals surface area (Å²) in [6.07, 6.45) is 9.77. The molecular weight excluding hydrogens is 246 g/mol. The van der Waals surface area contributed by atoms with Gasteiger partial charge in [-0.2, -0.15) is 0 Å². The number of amides is 2. The number of carbonyl (C=O) groups is 2. The predicted molar refractivity (Wildman–Crippen MR) is 68.4 cm³/mol. The highest BCUT2D eigenvalue weighted by Gasteiger charge is 2.32. The number of hydrogen-bond acceptors (Lipinski definition) is 4. The molecule has 1 saturated heterocycles. The molecule has 5 heteroatoms. The summed E-state index contributed by atoms with van der Waals surface area (Å²) < 4.78 is 5.54. The molecule has 0 saturated carbocycles. The second-order valence-electron chi connectivity index (χ2n) is 4.77. The standard InChI is InChI=1S/C14H19NO4/c1-11(19-15-13(16)9-10-14(15)17)18-12-7-5-3-2-4-6-8-12/h5,7,12H,1-4,6,8-10H2/b7-5+. The number of nitrogens with zero attached hydrogens (tertiary/aromatic N) is 1. The lowest BCUT2D eigenvalue weighted by atomic mass is 10.0. The highest BCUT2D eigenvalue weighted by molar-refractivity contribution is 6.00. The van der Waals surface area contributed by atoms with Crippen LogP contribution < -0.4 is 0 Å². The number of imide groups is 1. The van der Waals surface area contributed by atoms with Gasteiger partial charge in [-0.25, -0.2) is 0 Å². The number of hydroxylamine groups is 2. The Morgan fingerprint density at radius 2 is 1.95 bits per heavy atom. The molecule has 0 aromatic rings. The normalized spacial score (nSPS) is 25.7. The highest BCUT2D eigenvalue weighted by Crippen LogP contribution is 2.19. The van der Waals surface area contributed by atoms with Gasteiger partial charge in [0.05, 0.1) is 0 Å². The Labute approximate surface area is 112 Å². The van der Waals surface area contributed by atoms with Crippen molar-refractivity contribution in [2.75, 3.05) is 0 Å². The molecule has 0 aromatic carbocycles. The van der Waals surface area contributed by atoms with Crippen molar-refractivity contribution in [1.29, 1.82) is 0 Å². The van der Waals surface area contributed by atoms with Crippen molar-refractivity contribution in [3.05, 3.63) is 24.7 Å². The first kappa shape index (κ1) is 13.6. The van der Waals surface area contributed by atoms with E-state index in [1.807, 2.05) is 6.08 Å². The van der Waals surface area contributed by atoms with E-state index in [0.717, 1.165) is 24.3 Å². The number of allylic oxidation sites excluding steroid dienone is 1. The highest BCUT2D eigenvalue weighted by atomic mass is 16.8. The Bertz CT molecular complexity index is 386. The van der Waals surface area contributed by atoms with Crippen molar-refractivity contribution in [1.82, 2.24) is 5.06 Å². The van der Waals surface area contributed by atoms with Gasteiger partial charge >= 0.3 is 5.95 Å². The zero-order valence-electron chi connectivity index (χ0n) is 11.0. The van der Waals surface area contributed by atoms with E-state index in [1.165, 1.54) is 12.8 Å². The van der Waals surface area contributed by atoms with Crippen LogP contribution in [0.3, 0.4) is 0 Å². The van der Waals surface area contributed by atoms with E-state index in [2.05, 4.69) is 12.7 Å². The lowest BCUT2D eigenvalue weighted by molar-refractivity contribution is -0.192. The largest absolute Gasteiger partial charge is 0.457 e. The lowest BCUT2D eigenvalue weighted by Crippen LogP contribution is -2.30. The number of hydrogen-bond donors (Lipinski definition) is 0. The maximum absolute atomic E-state index is 11.4. The second kappa shape index (κ2) is 6.41. The summed E-state index contributed by atoms with van der Waals surface area (Å²) in [5, 5.41) is 0.745. The average molecular weight is 265 g/mol. The van der Waals surface area contributed by atoms with Crippen molar-refractivity contribution in [2.24, 2.45) is 0 Å². The van der Waals surface area contributed by atoms with Crippen LogP contribution in [0, 0.1) is 0 Å². The Balaban J connectivity index is 1.84. The van der Waals surface area contributed by atoms with E-state index in [9.17, 15) is 9.59 Å². The SMILES string of the molecule is C=C(OC1/C=C/CCCCC1)ON1C(=O)CCC1=O. The van der Waals surface area contributed by atoms with Crippen molar-refractivity contribution >= 4 is 11.8 Å². The molecule has 1 aliphatic heterocycles. The Morgan fingerprint density at radius 3 is 2.68 bits per heavy atom. The summed E-state index contributed by atoms with van der Waals surface area (Å²) in [4.78, 5) is 27.9. The van der Waals surface area contributed by atoms with Crippen LogP contribution in [0.5, 0.6) is 0 Å². The van der Waals surface area contributed by atoms with Crippen LogP contribution in [-0.2, 0) is 19.2 Å². The van der Waals surface area contributed by atoms with Crippen LogP contribution in [0.15, 0.2) is 24.7 Å². The third-order valence-electron chi connectivity index (χ3n) is 3.19. The molecule has 1 heterocycles. The van der Waals surface area contributed by atoms with E-state index < -0.39 is 0 Å². The monoisotopic (exact) mass is 265 g/mol. The van der Waals surface area contributed by atoms with Crippen molar-refractivity contribution < 1.29 is 19.2 Å². The Hall–Kier alpha value is -1.78. The molecule has 104 valence electrons. The quantitative estimate of drug-likeness (QED) is 0.445. The van der Waals surface area contributed by atoms with E-state index in [4.69, 9.17) is 9.57 Å². The third kappa shape index (κ3) is 3.84. The summed E-state index contributed by atoms with van der Waals surface area (Å²) in [6.45, 7) is 3.61. The van der Waals surface area contributed by atoms with Gasteiger partial charge in [0.1, 0.15) is 6.10 Å². The maximum Gasteiger partial charge on any atom is 0.300 e. The van der Waals surface area contributed by atoms with Crippen LogP contribution >= 0.6 is 0 Å².